The average Bonchev–Trinajstić information content (AvgIpc) is 3.61. The Balaban J connectivity index is 1.62. The van der Waals surface area contributed by atoms with Crippen LogP contribution in [0.4, 0.5) is 0 Å². The Morgan fingerprint density at radius 2 is 1.87 bits per heavy atom. The number of pyridine rings is 1. The third-order valence-corrected chi connectivity index (χ3v) is 7.58. The summed E-state index contributed by atoms with van der Waals surface area (Å²) in [6.45, 7) is 6.51. The second kappa shape index (κ2) is 10.5. The fraction of sp³-hybridized carbons (Fsp3) is 0.333. The number of methoxy groups -OCH3 is 1. The molecule has 38 heavy (non-hydrogen) atoms. The lowest BCUT2D eigenvalue weighted by Crippen LogP contribution is -2.56. The van der Waals surface area contributed by atoms with Crippen LogP contribution in [0.3, 0.4) is 0 Å². The summed E-state index contributed by atoms with van der Waals surface area (Å²) in [4.78, 5) is 12.3. The van der Waals surface area contributed by atoms with Crippen molar-refractivity contribution in [3.8, 4) is 5.75 Å². The maximum absolute atomic E-state index is 5.96. The molecule has 0 radical (unpaired) electrons. The van der Waals surface area contributed by atoms with Crippen LogP contribution in [0.5, 0.6) is 5.75 Å². The molecule has 0 spiro atoms. The molecule has 2 aromatic heterocycles. The van der Waals surface area contributed by atoms with Crippen LogP contribution in [0.1, 0.15) is 28.9 Å². The van der Waals surface area contributed by atoms with E-state index < -0.39 is 5.54 Å². The van der Waals surface area contributed by atoms with Gasteiger partial charge in [-0.05, 0) is 24.6 Å². The molecule has 1 saturated heterocycles. The molecule has 2 aliphatic rings. The Morgan fingerprint density at radius 1 is 1.05 bits per heavy atom. The van der Waals surface area contributed by atoms with E-state index in [9.17, 15) is 0 Å². The van der Waals surface area contributed by atoms with Gasteiger partial charge in [0.2, 0.25) is 6.79 Å². The number of nitrogens with zero attached hydrogens (tertiary/aromatic N) is 4. The molecule has 0 saturated carbocycles. The Bertz CT molecular complexity index is 1440. The fourth-order valence-corrected chi connectivity index (χ4v) is 5.70. The number of piperazine rings is 1. The molecule has 1 atom stereocenters. The summed E-state index contributed by atoms with van der Waals surface area (Å²) in [5, 5.41) is 3.52. The minimum atomic E-state index is -0.601. The van der Waals surface area contributed by atoms with Crippen LogP contribution in [0.2, 0.25) is 0 Å². The van der Waals surface area contributed by atoms with Crippen molar-refractivity contribution < 1.29 is 14.2 Å². The van der Waals surface area contributed by atoms with E-state index in [1.165, 1.54) is 11.1 Å². The molecule has 4 aromatic rings. The van der Waals surface area contributed by atoms with Crippen molar-refractivity contribution >= 4 is 11.0 Å². The molecule has 1 unspecified atom stereocenters. The van der Waals surface area contributed by atoms with Crippen molar-refractivity contribution in [1.82, 2.24) is 24.8 Å². The normalized spacial score (nSPS) is 17.5. The number of aryl methyl sites for hydroxylation is 1. The van der Waals surface area contributed by atoms with Gasteiger partial charge < -0.3 is 24.1 Å². The first-order valence-electron chi connectivity index (χ1n) is 13.1. The number of para-hydroxylation sites is 1. The zero-order valence-electron chi connectivity index (χ0n) is 21.9. The molecule has 8 heteroatoms. The lowest BCUT2D eigenvalue weighted by molar-refractivity contribution is 0.0509. The number of rotatable bonds is 8. The number of nitrogens with one attached hydrogen (secondary N) is 1. The van der Waals surface area contributed by atoms with Crippen LogP contribution in [-0.4, -0.2) is 59.5 Å². The highest BCUT2D eigenvalue weighted by Crippen LogP contribution is 2.43. The number of hydrogen-bond donors (Lipinski definition) is 1. The van der Waals surface area contributed by atoms with Gasteiger partial charge in [0.05, 0.1) is 25.4 Å². The predicted molar refractivity (Wildman–Crippen MR) is 146 cm³/mol. The monoisotopic (exact) mass is 511 g/mol. The first-order valence-corrected chi connectivity index (χ1v) is 13.1. The van der Waals surface area contributed by atoms with Crippen LogP contribution in [0.15, 0.2) is 79.0 Å². The smallest absolute Gasteiger partial charge is 0.229 e. The molecular weight excluding hydrogens is 478 g/mol. The Hall–Kier alpha value is -3.88. The maximum Gasteiger partial charge on any atom is 0.229 e. The van der Waals surface area contributed by atoms with Gasteiger partial charge in [0.15, 0.2) is 0 Å². The van der Waals surface area contributed by atoms with E-state index in [1.807, 2.05) is 30.6 Å². The molecule has 1 fully saturated rings. The van der Waals surface area contributed by atoms with E-state index in [0.717, 1.165) is 60.1 Å². The zero-order chi connectivity index (χ0) is 26.0. The summed E-state index contributed by atoms with van der Waals surface area (Å²) in [6, 6.07) is 19.1. The molecule has 8 nitrogen and oxygen atoms in total. The summed E-state index contributed by atoms with van der Waals surface area (Å²) in [5.74, 6) is 2.62. The third-order valence-electron chi connectivity index (χ3n) is 7.58. The van der Waals surface area contributed by atoms with E-state index in [2.05, 4.69) is 63.1 Å². The number of aromatic nitrogens is 3. The fourth-order valence-electron chi connectivity index (χ4n) is 5.70. The van der Waals surface area contributed by atoms with Crippen LogP contribution >= 0.6 is 0 Å². The van der Waals surface area contributed by atoms with E-state index >= 15 is 0 Å². The topological polar surface area (TPSA) is 73.7 Å². The van der Waals surface area contributed by atoms with Gasteiger partial charge in [0, 0.05) is 44.4 Å². The highest BCUT2D eigenvalue weighted by Gasteiger charge is 2.46. The molecule has 0 bridgehead atoms. The Kier molecular flexibility index (Phi) is 6.74. The van der Waals surface area contributed by atoms with Crippen molar-refractivity contribution in [3.63, 3.8) is 0 Å². The number of hydrogen-bond acceptors (Lipinski definition) is 7. The van der Waals surface area contributed by atoms with Gasteiger partial charge in [-0.15, -0.1) is 0 Å². The van der Waals surface area contributed by atoms with Crippen LogP contribution in [-0.2, 0) is 21.6 Å². The van der Waals surface area contributed by atoms with Crippen molar-refractivity contribution in [1.29, 1.82) is 0 Å². The molecule has 0 aliphatic carbocycles. The van der Waals surface area contributed by atoms with Crippen LogP contribution in [0, 0.1) is 6.92 Å². The molecule has 0 amide bonds. The lowest BCUT2D eigenvalue weighted by atomic mass is 9.81. The Labute approximate surface area is 222 Å². The van der Waals surface area contributed by atoms with Gasteiger partial charge in [-0.1, -0.05) is 48.0 Å². The van der Waals surface area contributed by atoms with Gasteiger partial charge in [-0.2, -0.15) is 0 Å². The Morgan fingerprint density at radius 3 is 2.63 bits per heavy atom. The second-order valence-corrected chi connectivity index (χ2v) is 9.85. The molecule has 2 aromatic carbocycles. The lowest BCUT2D eigenvalue weighted by Gasteiger charge is -2.46. The number of imidazole rings is 1. The largest absolute Gasteiger partial charge is 0.496 e. The minimum absolute atomic E-state index is 0.239. The van der Waals surface area contributed by atoms with E-state index in [-0.39, 0.29) is 6.79 Å². The van der Waals surface area contributed by atoms with Crippen molar-refractivity contribution in [2.24, 2.45) is 0 Å². The average molecular weight is 512 g/mol. The standard InChI is InChI=1S/C30H33N5O3/c1-22-7-9-24(10-8-22)30(17-25-20-37-21-38-25,34-15-13-31-14-16-34)29-33-26-18-32-12-11-27(26)35(29)19-23-5-3-4-6-28(23)36-2/h3-12,18,20,31H,13-17,19,21H2,1-2H3. The molecular formula is C30H33N5O3. The van der Waals surface area contributed by atoms with Crippen molar-refractivity contribution in [3.05, 3.63) is 102 Å². The molecule has 1 N–H and O–H groups in total. The molecule has 196 valence electrons. The van der Waals surface area contributed by atoms with E-state index in [0.29, 0.717) is 13.0 Å². The summed E-state index contributed by atoms with van der Waals surface area (Å²) < 4.78 is 19.6. The maximum atomic E-state index is 5.96. The van der Waals surface area contributed by atoms with Gasteiger partial charge in [0.1, 0.15) is 34.7 Å². The first kappa shape index (κ1) is 24.5. The third kappa shape index (κ3) is 4.40. The summed E-state index contributed by atoms with van der Waals surface area (Å²) >= 11 is 0. The van der Waals surface area contributed by atoms with Gasteiger partial charge in [-0.3, -0.25) is 9.88 Å². The number of benzene rings is 2. The molecule has 2 aliphatic heterocycles. The second-order valence-electron chi connectivity index (χ2n) is 9.85. The zero-order valence-corrected chi connectivity index (χ0v) is 21.9. The van der Waals surface area contributed by atoms with Crippen LogP contribution in [0.25, 0.3) is 11.0 Å². The molecule has 4 heterocycles. The molecule has 6 rings (SSSR count). The van der Waals surface area contributed by atoms with Gasteiger partial charge in [0.25, 0.3) is 0 Å². The van der Waals surface area contributed by atoms with Gasteiger partial charge in [-0.25, -0.2) is 4.98 Å². The minimum Gasteiger partial charge on any atom is -0.496 e. The van der Waals surface area contributed by atoms with Crippen molar-refractivity contribution in [2.75, 3.05) is 40.1 Å². The first-order chi connectivity index (χ1) is 18.7. The quantitative estimate of drug-likeness (QED) is 0.380. The van der Waals surface area contributed by atoms with Crippen LogP contribution < -0.4 is 10.1 Å². The number of ether oxygens (including phenoxy) is 3. The van der Waals surface area contributed by atoms with Crippen molar-refractivity contribution in [2.45, 2.75) is 25.4 Å². The SMILES string of the molecule is COc1ccccc1Cn1c(C(CC2=COCO2)(c2ccc(C)cc2)N2CCNCC2)nc2cnccc21. The number of fused-ring (bicyclic) bond motifs is 1. The summed E-state index contributed by atoms with van der Waals surface area (Å²) in [6.07, 6.45) is 6.03. The van der Waals surface area contributed by atoms with E-state index in [4.69, 9.17) is 19.2 Å². The highest BCUT2D eigenvalue weighted by molar-refractivity contribution is 5.75. The predicted octanol–water partition coefficient (Wildman–Crippen LogP) is 4.18. The summed E-state index contributed by atoms with van der Waals surface area (Å²) in [7, 11) is 1.72. The summed E-state index contributed by atoms with van der Waals surface area (Å²) in [5.41, 5.74) is 4.77. The highest BCUT2D eigenvalue weighted by atomic mass is 16.7. The van der Waals surface area contributed by atoms with Gasteiger partial charge >= 0.3 is 0 Å². The van der Waals surface area contributed by atoms with E-state index in [1.54, 1.807) is 13.4 Å².